The zero-order valence-corrected chi connectivity index (χ0v) is 18.1. The van der Waals surface area contributed by atoms with Crippen molar-refractivity contribution in [1.29, 1.82) is 0 Å². The van der Waals surface area contributed by atoms with E-state index in [1.54, 1.807) is 38.2 Å². The fraction of sp³-hybridized carbons (Fsp3) is 0.391. The van der Waals surface area contributed by atoms with Gasteiger partial charge in [-0.15, -0.1) is 0 Å². The summed E-state index contributed by atoms with van der Waals surface area (Å²) < 4.78 is 49.0. The largest absolute Gasteiger partial charge is 0.493 e. The van der Waals surface area contributed by atoms with E-state index >= 15 is 0 Å². The summed E-state index contributed by atoms with van der Waals surface area (Å²) in [5, 5.41) is 4.16. The van der Waals surface area contributed by atoms with Gasteiger partial charge in [0.25, 0.3) is 0 Å². The zero-order valence-electron chi connectivity index (χ0n) is 18.1. The molecule has 0 N–H and O–H groups in total. The second kappa shape index (κ2) is 9.93. The summed E-state index contributed by atoms with van der Waals surface area (Å²) in [6.07, 6.45) is -4.00. The first kappa shape index (κ1) is 23.4. The maximum Gasteiger partial charge on any atom is 0.416 e. The van der Waals surface area contributed by atoms with E-state index < -0.39 is 11.7 Å². The van der Waals surface area contributed by atoms with Crippen molar-refractivity contribution in [1.82, 2.24) is 4.90 Å². The maximum absolute atomic E-state index is 12.8. The average molecular weight is 450 g/mol. The average Bonchev–Trinajstić information content (AvgIpc) is 3.26. The third kappa shape index (κ3) is 5.52. The lowest BCUT2D eigenvalue weighted by atomic mass is 10.0. The molecule has 2 aromatic carbocycles. The van der Waals surface area contributed by atoms with Gasteiger partial charge >= 0.3 is 6.18 Å². The van der Waals surface area contributed by atoms with E-state index in [4.69, 9.17) is 14.3 Å². The van der Waals surface area contributed by atoms with Crippen molar-refractivity contribution in [3.63, 3.8) is 0 Å². The van der Waals surface area contributed by atoms with Crippen LogP contribution in [0, 0.1) is 0 Å². The van der Waals surface area contributed by atoms with Crippen molar-refractivity contribution >= 4 is 11.6 Å². The molecule has 172 valence electrons. The van der Waals surface area contributed by atoms with Gasteiger partial charge in [-0.3, -0.25) is 4.79 Å². The topological polar surface area (TPSA) is 60.4 Å². The van der Waals surface area contributed by atoms with Crippen molar-refractivity contribution in [2.24, 2.45) is 5.16 Å². The molecule has 9 heteroatoms. The molecule has 0 saturated heterocycles. The van der Waals surface area contributed by atoms with Crippen LogP contribution in [0.25, 0.3) is 0 Å². The Labute approximate surface area is 184 Å². The number of hydrogen-bond donors (Lipinski definition) is 0. The third-order valence-electron chi connectivity index (χ3n) is 5.18. The molecule has 6 nitrogen and oxygen atoms in total. The first-order chi connectivity index (χ1) is 15.2. The Kier molecular flexibility index (Phi) is 7.27. The van der Waals surface area contributed by atoms with Gasteiger partial charge in [0.15, 0.2) is 17.6 Å². The number of hydrogen-bond acceptors (Lipinski definition) is 5. The summed E-state index contributed by atoms with van der Waals surface area (Å²) in [5.41, 5.74) is 1.43. The lowest BCUT2D eigenvalue weighted by Crippen LogP contribution is -2.36. The van der Waals surface area contributed by atoms with Crippen LogP contribution in [0.1, 0.15) is 36.5 Å². The summed E-state index contributed by atoms with van der Waals surface area (Å²) in [4.78, 5) is 19.6. The van der Waals surface area contributed by atoms with E-state index in [0.717, 1.165) is 23.4 Å². The highest BCUT2D eigenvalue weighted by Gasteiger charge is 2.30. The molecule has 1 heterocycles. The Hall–Kier alpha value is -3.23. The first-order valence-corrected chi connectivity index (χ1v) is 10.1. The molecule has 0 spiro atoms. The van der Waals surface area contributed by atoms with Gasteiger partial charge < -0.3 is 19.2 Å². The Morgan fingerprint density at radius 1 is 1.12 bits per heavy atom. The van der Waals surface area contributed by atoms with Crippen LogP contribution in [0.3, 0.4) is 0 Å². The van der Waals surface area contributed by atoms with Gasteiger partial charge in [0.2, 0.25) is 5.91 Å². The molecule has 0 aliphatic carbocycles. The monoisotopic (exact) mass is 450 g/mol. The summed E-state index contributed by atoms with van der Waals surface area (Å²) in [6, 6.07) is 10.3. The molecule has 32 heavy (non-hydrogen) atoms. The maximum atomic E-state index is 12.8. The SMILES string of the molecule is CCC(=O)N(Cc1ccc(C(F)(F)F)cc1)C[C@H]1CC(c2ccc(OC)c(OC)c2)=NO1. The van der Waals surface area contributed by atoms with Crippen LogP contribution in [0.2, 0.25) is 0 Å². The molecule has 3 rings (SSSR count). The molecule has 1 aliphatic rings. The van der Waals surface area contributed by atoms with E-state index in [2.05, 4.69) is 5.16 Å². The molecule has 0 fully saturated rings. The van der Waals surface area contributed by atoms with E-state index in [0.29, 0.717) is 23.5 Å². The van der Waals surface area contributed by atoms with E-state index in [-0.39, 0.29) is 31.5 Å². The number of alkyl halides is 3. The van der Waals surface area contributed by atoms with Crippen LogP contribution in [-0.4, -0.2) is 43.4 Å². The minimum absolute atomic E-state index is 0.118. The Morgan fingerprint density at radius 3 is 2.41 bits per heavy atom. The molecular weight excluding hydrogens is 425 g/mol. The normalized spacial score (nSPS) is 15.7. The van der Waals surface area contributed by atoms with Crippen LogP contribution in [-0.2, 0) is 22.4 Å². The number of benzene rings is 2. The molecule has 1 atom stereocenters. The quantitative estimate of drug-likeness (QED) is 0.587. The van der Waals surface area contributed by atoms with Gasteiger partial charge in [-0.1, -0.05) is 24.2 Å². The molecule has 1 amide bonds. The number of carbonyl (C=O) groups is 1. The number of methoxy groups -OCH3 is 2. The van der Waals surface area contributed by atoms with Crippen LogP contribution in [0.15, 0.2) is 47.6 Å². The smallest absolute Gasteiger partial charge is 0.416 e. The van der Waals surface area contributed by atoms with Gasteiger partial charge in [0.05, 0.1) is 32.0 Å². The number of carbonyl (C=O) groups excluding carboxylic acids is 1. The number of amides is 1. The second-order valence-corrected chi connectivity index (χ2v) is 7.36. The van der Waals surface area contributed by atoms with Gasteiger partial charge in [-0.05, 0) is 35.9 Å². The third-order valence-corrected chi connectivity index (χ3v) is 5.18. The van der Waals surface area contributed by atoms with Gasteiger partial charge in [0.1, 0.15) is 0 Å². The van der Waals surface area contributed by atoms with Crippen LogP contribution in [0.4, 0.5) is 13.2 Å². The minimum atomic E-state index is -4.40. The van der Waals surface area contributed by atoms with E-state index in [1.807, 2.05) is 6.07 Å². The summed E-state index contributed by atoms with van der Waals surface area (Å²) in [6.45, 7) is 2.20. The Bertz CT molecular complexity index is 974. The van der Waals surface area contributed by atoms with Crippen molar-refractivity contribution in [3.8, 4) is 11.5 Å². The molecule has 0 bridgehead atoms. The fourth-order valence-electron chi connectivity index (χ4n) is 3.46. The highest BCUT2D eigenvalue weighted by atomic mass is 19.4. The first-order valence-electron chi connectivity index (χ1n) is 10.1. The molecule has 0 unspecified atom stereocenters. The van der Waals surface area contributed by atoms with Crippen LogP contribution >= 0.6 is 0 Å². The summed E-state index contributed by atoms with van der Waals surface area (Å²) >= 11 is 0. The number of oxime groups is 1. The van der Waals surface area contributed by atoms with E-state index in [9.17, 15) is 18.0 Å². The molecule has 1 aliphatic heterocycles. The predicted molar refractivity (Wildman–Crippen MR) is 113 cm³/mol. The van der Waals surface area contributed by atoms with Gasteiger partial charge in [-0.25, -0.2) is 0 Å². The van der Waals surface area contributed by atoms with Crippen molar-refractivity contribution in [2.45, 2.75) is 38.6 Å². The number of halogens is 3. The number of nitrogens with zero attached hydrogens (tertiary/aromatic N) is 2. The highest BCUT2D eigenvalue weighted by molar-refractivity contribution is 6.01. The lowest BCUT2D eigenvalue weighted by molar-refractivity contribution is -0.137. The predicted octanol–water partition coefficient (Wildman–Crippen LogP) is 4.65. The van der Waals surface area contributed by atoms with Crippen molar-refractivity contribution in [2.75, 3.05) is 20.8 Å². The fourth-order valence-corrected chi connectivity index (χ4v) is 3.46. The molecule has 0 saturated carbocycles. The van der Waals surface area contributed by atoms with Crippen molar-refractivity contribution < 1.29 is 32.3 Å². The van der Waals surface area contributed by atoms with Gasteiger partial charge in [0, 0.05) is 24.9 Å². The standard InChI is InChI=1S/C23H25F3N2O4/c1-4-22(29)28(13-15-5-8-17(9-6-15)23(24,25)26)14-18-12-19(27-32-18)16-7-10-20(30-2)21(11-16)31-3/h5-11,18H,4,12-14H2,1-3H3/t18-/m1/s1. The lowest BCUT2D eigenvalue weighted by Gasteiger charge is -2.24. The zero-order chi connectivity index (χ0) is 23.3. The highest BCUT2D eigenvalue weighted by Crippen LogP contribution is 2.31. The molecule has 2 aromatic rings. The Balaban J connectivity index is 1.67. The second-order valence-electron chi connectivity index (χ2n) is 7.36. The number of rotatable bonds is 8. The molecule has 0 aromatic heterocycles. The van der Waals surface area contributed by atoms with Crippen LogP contribution in [0.5, 0.6) is 11.5 Å². The molecular formula is C23H25F3N2O4. The van der Waals surface area contributed by atoms with Crippen LogP contribution < -0.4 is 9.47 Å². The van der Waals surface area contributed by atoms with Gasteiger partial charge in [-0.2, -0.15) is 13.2 Å². The number of ether oxygens (including phenoxy) is 2. The summed E-state index contributed by atoms with van der Waals surface area (Å²) in [5.74, 6) is 1.05. The minimum Gasteiger partial charge on any atom is -0.493 e. The van der Waals surface area contributed by atoms with Crippen molar-refractivity contribution in [3.05, 3.63) is 59.2 Å². The summed E-state index contributed by atoms with van der Waals surface area (Å²) in [7, 11) is 3.10. The van der Waals surface area contributed by atoms with E-state index in [1.165, 1.54) is 12.1 Å². The molecule has 0 radical (unpaired) electrons. The Morgan fingerprint density at radius 2 is 1.81 bits per heavy atom.